The summed E-state index contributed by atoms with van der Waals surface area (Å²) in [7, 11) is 0. The van der Waals surface area contributed by atoms with Crippen LogP contribution in [0.2, 0.25) is 0 Å². The van der Waals surface area contributed by atoms with Gasteiger partial charge in [0.1, 0.15) is 6.34 Å². The minimum atomic E-state index is 0.468. The molecule has 0 saturated carbocycles. The number of anilines is 1. The van der Waals surface area contributed by atoms with E-state index in [4.69, 9.17) is 11.6 Å². The van der Waals surface area contributed by atoms with Crippen LogP contribution < -0.4 is 16.7 Å². The lowest BCUT2D eigenvalue weighted by atomic mass is 10.2. The molecule has 68 valence electrons. The molecule has 0 heterocycles. The number of hydrazine groups is 1. The fraction of sp³-hybridized carbons (Fsp3) is 0. The van der Waals surface area contributed by atoms with Gasteiger partial charge in [0.25, 0.3) is 0 Å². The van der Waals surface area contributed by atoms with Gasteiger partial charge in [0, 0.05) is 5.56 Å². The second kappa shape index (κ2) is 4.22. The molecule has 1 rings (SSSR count). The topological polar surface area (TPSA) is 84.7 Å². The van der Waals surface area contributed by atoms with Gasteiger partial charge in [-0.1, -0.05) is 12.1 Å². The molecule has 5 nitrogen and oxygen atoms in total. The molecule has 0 atom stereocenters. The lowest BCUT2D eigenvalue weighted by Crippen LogP contribution is -2.26. The standard InChI is InChI=1S/C8H10N4O/c9-6-11-12(10)8-4-2-1-3-7(8)5-13/h1-6H,10H2,(H2,9,11). The number of hydrazone groups is 1. The second-order valence-electron chi connectivity index (χ2n) is 2.29. The Balaban J connectivity index is 3.05. The predicted molar refractivity (Wildman–Crippen MR) is 51.2 cm³/mol. The van der Waals surface area contributed by atoms with Gasteiger partial charge in [-0.05, 0) is 12.1 Å². The molecule has 1 aromatic carbocycles. The van der Waals surface area contributed by atoms with Gasteiger partial charge < -0.3 is 5.73 Å². The van der Waals surface area contributed by atoms with Gasteiger partial charge in [0.05, 0.1) is 5.69 Å². The first kappa shape index (κ1) is 9.21. The number of carbonyl (C=O) groups excluding carboxylic acids is 1. The van der Waals surface area contributed by atoms with Crippen molar-refractivity contribution in [3.05, 3.63) is 29.8 Å². The number of nitrogens with two attached hydrogens (primary N) is 2. The quantitative estimate of drug-likeness (QED) is 0.226. The Bertz CT molecular complexity index is 324. The zero-order valence-corrected chi connectivity index (χ0v) is 6.92. The van der Waals surface area contributed by atoms with Crippen molar-refractivity contribution in [2.75, 3.05) is 5.12 Å². The van der Waals surface area contributed by atoms with E-state index in [9.17, 15) is 4.79 Å². The van der Waals surface area contributed by atoms with Gasteiger partial charge in [-0.15, -0.1) is 5.10 Å². The highest BCUT2D eigenvalue weighted by Gasteiger charge is 2.03. The molecule has 4 N–H and O–H groups in total. The van der Waals surface area contributed by atoms with Crippen LogP contribution in [0.5, 0.6) is 0 Å². The van der Waals surface area contributed by atoms with Crippen molar-refractivity contribution in [3.8, 4) is 0 Å². The van der Waals surface area contributed by atoms with E-state index in [1.807, 2.05) is 0 Å². The first-order valence-corrected chi connectivity index (χ1v) is 3.63. The normalized spacial score (nSPS) is 10.2. The van der Waals surface area contributed by atoms with Crippen molar-refractivity contribution >= 4 is 18.3 Å². The molecule has 0 amide bonds. The van der Waals surface area contributed by atoms with E-state index in [0.717, 1.165) is 11.5 Å². The molecular formula is C8H10N4O. The summed E-state index contributed by atoms with van der Waals surface area (Å²) < 4.78 is 0. The summed E-state index contributed by atoms with van der Waals surface area (Å²) in [5.41, 5.74) is 6.04. The molecule has 0 unspecified atom stereocenters. The van der Waals surface area contributed by atoms with E-state index >= 15 is 0 Å². The van der Waals surface area contributed by atoms with Gasteiger partial charge >= 0.3 is 0 Å². The van der Waals surface area contributed by atoms with E-state index in [1.54, 1.807) is 24.3 Å². The third-order valence-corrected chi connectivity index (χ3v) is 1.50. The maximum atomic E-state index is 10.6. The SMILES string of the molecule is N/C=N\N(N)c1ccccc1C=O. The number of aldehydes is 1. The van der Waals surface area contributed by atoms with Crippen LogP contribution in [0.15, 0.2) is 29.4 Å². The second-order valence-corrected chi connectivity index (χ2v) is 2.29. The highest BCUT2D eigenvalue weighted by atomic mass is 16.1. The fourth-order valence-corrected chi connectivity index (χ4v) is 0.930. The summed E-state index contributed by atoms with van der Waals surface area (Å²) >= 11 is 0. The third kappa shape index (κ3) is 2.03. The Hall–Kier alpha value is -1.88. The molecule has 1 aromatic rings. The number of rotatable bonds is 3. The van der Waals surface area contributed by atoms with Gasteiger partial charge in [0.15, 0.2) is 6.29 Å². The van der Waals surface area contributed by atoms with Crippen molar-refractivity contribution in [2.24, 2.45) is 16.7 Å². The lowest BCUT2D eigenvalue weighted by Gasteiger charge is -2.12. The summed E-state index contributed by atoms with van der Waals surface area (Å²) in [5, 5.41) is 4.65. The van der Waals surface area contributed by atoms with Crippen molar-refractivity contribution < 1.29 is 4.79 Å². The Morgan fingerprint density at radius 3 is 2.69 bits per heavy atom. The average Bonchev–Trinajstić information content (AvgIpc) is 2.18. The van der Waals surface area contributed by atoms with Crippen molar-refractivity contribution in [3.63, 3.8) is 0 Å². The fourth-order valence-electron chi connectivity index (χ4n) is 0.930. The summed E-state index contributed by atoms with van der Waals surface area (Å²) in [5.74, 6) is 5.48. The number of hydrogen-bond acceptors (Lipinski definition) is 4. The van der Waals surface area contributed by atoms with Crippen LogP contribution in [0.25, 0.3) is 0 Å². The number of para-hydroxylation sites is 1. The maximum Gasteiger partial charge on any atom is 0.152 e. The molecule has 0 spiro atoms. The maximum absolute atomic E-state index is 10.6. The highest BCUT2D eigenvalue weighted by molar-refractivity contribution is 5.84. The minimum absolute atomic E-state index is 0.468. The Labute approximate surface area is 75.6 Å². The van der Waals surface area contributed by atoms with Crippen LogP contribution in [0, 0.1) is 0 Å². The number of benzene rings is 1. The van der Waals surface area contributed by atoms with Crippen LogP contribution in [0.3, 0.4) is 0 Å². The Morgan fingerprint density at radius 2 is 2.08 bits per heavy atom. The van der Waals surface area contributed by atoms with Crippen LogP contribution in [-0.2, 0) is 0 Å². The summed E-state index contributed by atoms with van der Waals surface area (Å²) in [6, 6.07) is 6.83. The van der Waals surface area contributed by atoms with E-state index in [-0.39, 0.29) is 0 Å². The van der Waals surface area contributed by atoms with Crippen molar-refractivity contribution in [1.82, 2.24) is 0 Å². The molecule has 0 aliphatic carbocycles. The molecule has 13 heavy (non-hydrogen) atoms. The van der Waals surface area contributed by atoms with Gasteiger partial charge in [-0.2, -0.15) is 5.12 Å². The van der Waals surface area contributed by atoms with E-state index < -0.39 is 0 Å². The molecule has 0 aliphatic heterocycles. The third-order valence-electron chi connectivity index (χ3n) is 1.50. The van der Waals surface area contributed by atoms with Crippen molar-refractivity contribution in [1.29, 1.82) is 0 Å². The van der Waals surface area contributed by atoms with Crippen LogP contribution in [0.1, 0.15) is 10.4 Å². The summed E-state index contributed by atoms with van der Waals surface area (Å²) in [6.07, 6.45) is 1.77. The molecule has 0 aliphatic rings. The molecule has 0 bridgehead atoms. The molecular weight excluding hydrogens is 168 g/mol. The van der Waals surface area contributed by atoms with Gasteiger partial charge in [0.2, 0.25) is 0 Å². The molecule has 0 saturated heterocycles. The lowest BCUT2D eigenvalue weighted by molar-refractivity contribution is 0.112. The van der Waals surface area contributed by atoms with E-state index in [0.29, 0.717) is 17.5 Å². The molecule has 5 heteroatoms. The Morgan fingerprint density at radius 1 is 1.38 bits per heavy atom. The van der Waals surface area contributed by atoms with Gasteiger partial charge in [-0.3, -0.25) is 4.79 Å². The largest absolute Gasteiger partial charge is 0.388 e. The smallest absolute Gasteiger partial charge is 0.152 e. The number of hydrogen-bond donors (Lipinski definition) is 2. The molecule has 0 radical (unpaired) electrons. The first-order valence-electron chi connectivity index (χ1n) is 3.63. The van der Waals surface area contributed by atoms with E-state index in [2.05, 4.69) is 5.10 Å². The van der Waals surface area contributed by atoms with Crippen molar-refractivity contribution in [2.45, 2.75) is 0 Å². The van der Waals surface area contributed by atoms with Crippen LogP contribution >= 0.6 is 0 Å². The zero-order valence-electron chi connectivity index (χ0n) is 6.92. The van der Waals surface area contributed by atoms with Gasteiger partial charge in [-0.25, -0.2) is 5.84 Å². The zero-order chi connectivity index (χ0) is 9.68. The number of carbonyl (C=O) groups is 1. The molecule has 0 aromatic heterocycles. The average molecular weight is 178 g/mol. The highest BCUT2D eigenvalue weighted by Crippen LogP contribution is 2.15. The monoisotopic (exact) mass is 178 g/mol. The predicted octanol–water partition coefficient (Wildman–Crippen LogP) is 0.0812. The summed E-state index contributed by atoms with van der Waals surface area (Å²) in [6.45, 7) is 0. The van der Waals surface area contributed by atoms with E-state index in [1.165, 1.54) is 0 Å². The first-order chi connectivity index (χ1) is 6.29. The summed E-state index contributed by atoms with van der Waals surface area (Å²) in [4.78, 5) is 10.6. The molecule has 0 fully saturated rings. The number of nitrogens with zero attached hydrogens (tertiary/aromatic N) is 2. The van der Waals surface area contributed by atoms with Crippen LogP contribution in [-0.4, -0.2) is 12.6 Å². The Kier molecular flexibility index (Phi) is 2.99. The van der Waals surface area contributed by atoms with Crippen LogP contribution in [0.4, 0.5) is 5.69 Å². The minimum Gasteiger partial charge on any atom is -0.388 e.